The van der Waals surface area contributed by atoms with E-state index in [1.54, 1.807) is 0 Å². The van der Waals surface area contributed by atoms with E-state index in [0.717, 1.165) is 24.5 Å². The van der Waals surface area contributed by atoms with E-state index < -0.39 is 0 Å². The summed E-state index contributed by atoms with van der Waals surface area (Å²) in [4.78, 5) is 13.6. The van der Waals surface area contributed by atoms with E-state index in [2.05, 4.69) is 10.4 Å². The Hall–Kier alpha value is -1.36. The van der Waals surface area contributed by atoms with Gasteiger partial charge in [0, 0.05) is 37.9 Å². The number of rotatable bonds is 6. The molecule has 1 rings (SSSR count). The van der Waals surface area contributed by atoms with Gasteiger partial charge in [0.25, 0.3) is 0 Å². The fourth-order valence-corrected chi connectivity index (χ4v) is 2.06. The van der Waals surface area contributed by atoms with Crippen molar-refractivity contribution >= 4 is 5.91 Å². The van der Waals surface area contributed by atoms with E-state index in [0.29, 0.717) is 13.1 Å². The van der Waals surface area contributed by atoms with Crippen molar-refractivity contribution in [1.82, 2.24) is 20.0 Å². The molecular formula is C13H24N4O. The van der Waals surface area contributed by atoms with E-state index in [9.17, 15) is 4.79 Å². The zero-order valence-corrected chi connectivity index (χ0v) is 12.1. The molecule has 0 atom stereocenters. The number of hydrogen-bond acceptors (Lipinski definition) is 3. The molecular weight excluding hydrogens is 228 g/mol. The Morgan fingerprint density at radius 2 is 1.94 bits per heavy atom. The molecule has 18 heavy (non-hydrogen) atoms. The van der Waals surface area contributed by atoms with Gasteiger partial charge in [-0.1, -0.05) is 0 Å². The summed E-state index contributed by atoms with van der Waals surface area (Å²) in [6.07, 6.45) is 0. The summed E-state index contributed by atoms with van der Waals surface area (Å²) in [7, 11) is 1.94. The first-order valence-electron chi connectivity index (χ1n) is 6.48. The minimum atomic E-state index is 0.152. The van der Waals surface area contributed by atoms with Crippen LogP contribution in [0.2, 0.25) is 0 Å². The van der Waals surface area contributed by atoms with Gasteiger partial charge < -0.3 is 10.2 Å². The third kappa shape index (κ3) is 3.32. The minimum Gasteiger partial charge on any atom is -0.342 e. The van der Waals surface area contributed by atoms with Crippen molar-refractivity contribution in [2.45, 2.75) is 34.2 Å². The molecule has 0 aliphatic carbocycles. The summed E-state index contributed by atoms with van der Waals surface area (Å²) in [5.74, 6) is 0.152. The molecule has 0 unspecified atom stereocenters. The van der Waals surface area contributed by atoms with Gasteiger partial charge in [-0.05, 0) is 27.7 Å². The molecule has 0 spiro atoms. The van der Waals surface area contributed by atoms with Crippen LogP contribution in [-0.4, -0.2) is 40.2 Å². The van der Waals surface area contributed by atoms with Crippen molar-refractivity contribution in [3.63, 3.8) is 0 Å². The predicted octanol–water partition coefficient (Wildman–Crippen LogP) is 0.995. The van der Waals surface area contributed by atoms with E-state index in [4.69, 9.17) is 0 Å². The number of hydrogen-bond donors (Lipinski definition) is 1. The molecule has 0 radical (unpaired) electrons. The average molecular weight is 252 g/mol. The minimum absolute atomic E-state index is 0.152. The molecule has 0 saturated carbocycles. The van der Waals surface area contributed by atoms with Crippen molar-refractivity contribution in [1.29, 1.82) is 0 Å². The molecule has 1 amide bonds. The molecule has 0 fully saturated rings. The molecule has 0 aromatic carbocycles. The standard InChI is InChI=1S/C13H24N4O/c1-6-17(7-2)13(18)9-14-8-12-10(3)15-16(5)11(12)4/h14H,6-9H2,1-5H3. The van der Waals surface area contributed by atoms with Crippen LogP contribution in [0, 0.1) is 13.8 Å². The SMILES string of the molecule is CCN(CC)C(=O)CNCc1c(C)nn(C)c1C. The topological polar surface area (TPSA) is 50.2 Å². The van der Waals surface area contributed by atoms with E-state index >= 15 is 0 Å². The molecule has 1 N–H and O–H groups in total. The predicted molar refractivity (Wildman–Crippen MR) is 72.3 cm³/mol. The highest BCUT2D eigenvalue weighted by atomic mass is 16.2. The highest BCUT2D eigenvalue weighted by Gasteiger charge is 2.11. The van der Waals surface area contributed by atoms with Crippen LogP contribution in [0.4, 0.5) is 0 Å². The molecule has 0 saturated heterocycles. The van der Waals surface area contributed by atoms with Crippen molar-refractivity contribution in [3.8, 4) is 0 Å². The van der Waals surface area contributed by atoms with Crippen LogP contribution in [0.5, 0.6) is 0 Å². The van der Waals surface area contributed by atoms with Gasteiger partial charge in [-0.2, -0.15) is 5.10 Å². The van der Waals surface area contributed by atoms with Crippen molar-refractivity contribution in [2.75, 3.05) is 19.6 Å². The maximum atomic E-state index is 11.8. The van der Waals surface area contributed by atoms with Crippen LogP contribution in [-0.2, 0) is 18.4 Å². The monoisotopic (exact) mass is 252 g/mol. The average Bonchev–Trinajstić information content (AvgIpc) is 2.57. The third-order valence-corrected chi connectivity index (χ3v) is 3.35. The summed E-state index contributed by atoms with van der Waals surface area (Å²) in [6, 6.07) is 0. The van der Waals surface area contributed by atoms with Crippen LogP contribution >= 0.6 is 0 Å². The van der Waals surface area contributed by atoms with Crippen LogP contribution in [0.1, 0.15) is 30.8 Å². The Bertz CT molecular complexity index is 407. The summed E-state index contributed by atoms with van der Waals surface area (Å²) < 4.78 is 1.87. The number of carbonyl (C=O) groups is 1. The van der Waals surface area contributed by atoms with E-state index in [1.807, 2.05) is 44.3 Å². The Labute approximate surface area is 109 Å². The first kappa shape index (κ1) is 14.7. The number of nitrogens with one attached hydrogen (secondary N) is 1. The second-order valence-electron chi connectivity index (χ2n) is 4.44. The first-order chi connectivity index (χ1) is 8.51. The lowest BCUT2D eigenvalue weighted by atomic mass is 10.2. The van der Waals surface area contributed by atoms with Crippen LogP contribution in [0.3, 0.4) is 0 Å². The lowest BCUT2D eigenvalue weighted by molar-refractivity contribution is -0.129. The van der Waals surface area contributed by atoms with Gasteiger partial charge in [-0.25, -0.2) is 0 Å². The number of aromatic nitrogens is 2. The van der Waals surface area contributed by atoms with Gasteiger partial charge in [-0.15, -0.1) is 0 Å². The maximum absolute atomic E-state index is 11.8. The molecule has 5 nitrogen and oxygen atoms in total. The molecule has 1 aromatic heterocycles. The number of likely N-dealkylation sites (N-methyl/N-ethyl adjacent to an activating group) is 1. The summed E-state index contributed by atoms with van der Waals surface area (Å²) in [6.45, 7) is 10.6. The van der Waals surface area contributed by atoms with Crippen LogP contribution < -0.4 is 5.32 Å². The number of amides is 1. The summed E-state index contributed by atoms with van der Waals surface area (Å²) >= 11 is 0. The van der Waals surface area contributed by atoms with Gasteiger partial charge in [-0.3, -0.25) is 9.48 Å². The number of nitrogens with zero attached hydrogens (tertiary/aromatic N) is 3. The zero-order valence-electron chi connectivity index (χ0n) is 12.1. The number of carbonyl (C=O) groups excluding carboxylic acids is 1. The van der Waals surface area contributed by atoms with Crippen LogP contribution in [0.25, 0.3) is 0 Å². The smallest absolute Gasteiger partial charge is 0.236 e. The fraction of sp³-hybridized carbons (Fsp3) is 0.692. The maximum Gasteiger partial charge on any atom is 0.236 e. The normalized spacial score (nSPS) is 10.7. The second kappa shape index (κ2) is 6.54. The Morgan fingerprint density at radius 3 is 2.39 bits per heavy atom. The molecule has 0 bridgehead atoms. The van der Waals surface area contributed by atoms with Crippen molar-refractivity contribution in [3.05, 3.63) is 17.0 Å². The Kier molecular flexibility index (Phi) is 5.34. The fourth-order valence-electron chi connectivity index (χ4n) is 2.06. The first-order valence-corrected chi connectivity index (χ1v) is 6.48. The van der Waals surface area contributed by atoms with Gasteiger partial charge in [0.15, 0.2) is 0 Å². The van der Waals surface area contributed by atoms with Crippen LogP contribution in [0.15, 0.2) is 0 Å². The van der Waals surface area contributed by atoms with Gasteiger partial charge >= 0.3 is 0 Å². The lowest BCUT2D eigenvalue weighted by Gasteiger charge is -2.18. The molecule has 1 heterocycles. The lowest BCUT2D eigenvalue weighted by Crippen LogP contribution is -2.37. The van der Waals surface area contributed by atoms with Crippen molar-refractivity contribution < 1.29 is 4.79 Å². The zero-order chi connectivity index (χ0) is 13.7. The highest BCUT2D eigenvalue weighted by molar-refractivity contribution is 5.78. The molecule has 0 aliphatic rings. The second-order valence-corrected chi connectivity index (χ2v) is 4.44. The van der Waals surface area contributed by atoms with E-state index in [1.165, 1.54) is 5.56 Å². The molecule has 5 heteroatoms. The van der Waals surface area contributed by atoms with E-state index in [-0.39, 0.29) is 5.91 Å². The third-order valence-electron chi connectivity index (χ3n) is 3.35. The molecule has 0 aliphatic heterocycles. The van der Waals surface area contributed by atoms with Gasteiger partial charge in [0.2, 0.25) is 5.91 Å². The van der Waals surface area contributed by atoms with Gasteiger partial charge in [0.05, 0.1) is 12.2 Å². The molecule has 1 aromatic rings. The molecule has 102 valence electrons. The summed E-state index contributed by atoms with van der Waals surface area (Å²) in [5, 5.41) is 7.56. The quantitative estimate of drug-likeness (QED) is 0.821. The van der Waals surface area contributed by atoms with Gasteiger partial charge in [0.1, 0.15) is 0 Å². The Morgan fingerprint density at radius 1 is 1.33 bits per heavy atom. The number of aryl methyl sites for hydroxylation is 2. The van der Waals surface area contributed by atoms with Crippen molar-refractivity contribution in [2.24, 2.45) is 7.05 Å². The summed E-state index contributed by atoms with van der Waals surface area (Å²) in [5.41, 5.74) is 3.36. The largest absolute Gasteiger partial charge is 0.342 e. The highest BCUT2D eigenvalue weighted by Crippen LogP contribution is 2.10. The Balaban J connectivity index is 2.49.